The highest BCUT2D eigenvalue weighted by atomic mass is 35.5. The van der Waals surface area contributed by atoms with Crippen LogP contribution in [0, 0.1) is 0 Å². The van der Waals surface area contributed by atoms with Crippen LogP contribution in [0.2, 0.25) is 10.0 Å². The predicted octanol–water partition coefficient (Wildman–Crippen LogP) is 3.69. The van der Waals surface area contributed by atoms with Gasteiger partial charge in [0, 0.05) is 23.8 Å². The number of rotatable bonds is 7. The van der Waals surface area contributed by atoms with Crippen LogP contribution in [0.4, 0.5) is 11.4 Å². The number of hydrogen-bond acceptors (Lipinski definition) is 5. The molecule has 0 radical (unpaired) electrons. The largest absolute Gasteiger partial charge is 0.482 e. The predicted molar refractivity (Wildman–Crippen MR) is 118 cm³/mol. The Labute approximate surface area is 185 Å². The molecule has 0 aromatic heterocycles. The fourth-order valence-corrected chi connectivity index (χ4v) is 3.34. The number of halogens is 2. The Balaban J connectivity index is 1.72. The van der Waals surface area contributed by atoms with Gasteiger partial charge in [0.2, 0.25) is 0 Å². The molecule has 30 heavy (non-hydrogen) atoms. The lowest BCUT2D eigenvalue weighted by Gasteiger charge is -2.30. The molecule has 0 bridgehead atoms. The number of likely N-dealkylation sites (N-methyl/N-ethyl adjacent to an activating group) is 1. The Hall–Kier alpha value is -2.48. The summed E-state index contributed by atoms with van der Waals surface area (Å²) < 4.78 is 11.2. The van der Waals surface area contributed by atoms with Gasteiger partial charge in [0.1, 0.15) is 11.5 Å². The van der Waals surface area contributed by atoms with Gasteiger partial charge in [-0.2, -0.15) is 0 Å². The minimum atomic E-state index is -0.803. The number of carbonyl (C=O) groups is 2. The number of amides is 2. The second-order valence-electron chi connectivity index (χ2n) is 7.14. The van der Waals surface area contributed by atoms with E-state index in [2.05, 4.69) is 5.32 Å². The fraction of sp³-hybridized carbons (Fsp3) is 0.333. The van der Waals surface area contributed by atoms with E-state index in [0.717, 1.165) is 0 Å². The molecular formula is C21H23Cl2N3O4. The van der Waals surface area contributed by atoms with Gasteiger partial charge in [-0.05, 0) is 57.4 Å². The lowest BCUT2D eigenvalue weighted by Crippen LogP contribution is -2.42. The van der Waals surface area contributed by atoms with Crippen molar-refractivity contribution in [3.63, 3.8) is 0 Å². The summed E-state index contributed by atoms with van der Waals surface area (Å²) in [5.74, 6) is 0.484. The van der Waals surface area contributed by atoms with Gasteiger partial charge in [-0.1, -0.05) is 23.2 Å². The van der Waals surface area contributed by atoms with E-state index in [1.165, 1.54) is 0 Å². The third kappa shape index (κ3) is 5.36. The molecule has 0 saturated carbocycles. The van der Waals surface area contributed by atoms with E-state index in [1.807, 2.05) is 19.0 Å². The molecule has 3 rings (SSSR count). The Morgan fingerprint density at radius 1 is 1.27 bits per heavy atom. The van der Waals surface area contributed by atoms with Crippen molar-refractivity contribution in [1.29, 1.82) is 0 Å². The van der Waals surface area contributed by atoms with E-state index < -0.39 is 6.10 Å². The summed E-state index contributed by atoms with van der Waals surface area (Å²) in [6, 6.07) is 9.98. The monoisotopic (exact) mass is 451 g/mol. The van der Waals surface area contributed by atoms with Crippen LogP contribution < -0.4 is 19.7 Å². The summed E-state index contributed by atoms with van der Waals surface area (Å²) in [5, 5.41) is 3.61. The molecule has 0 saturated heterocycles. The zero-order valence-electron chi connectivity index (χ0n) is 16.9. The summed E-state index contributed by atoms with van der Waals surface area (Å²) in [5.41, 5.74) is 1.16. The highest BCUT2D eigenvalue weighted by Crippen LogP contribution is 2.34. The van der Waals surface area contributed by atoms with Gasteiger partial charge < -0.3 is 24.6 Å². The highest BCUT2D eigenvalue weighted by molar-refractivity contribution is 6.35. The number of nitrogens with one attached hydrogen (secondary N) is 1. The van der Waals surface area contributed by atoms with Crippen molar-refractivity contribution in [2.45, 2.75) is 13.0 Å². The van der Waals surface area contributed by atoms with Gasteiger partial charge in [0.05, 0.1) is 10.7 Å². The van der Waals surface area contributed by atoms with Gasteiger partial charge in [-0.3, -0.25) is 9.59 Å². The summed E-state index contributed by atoms with van der Waals surface area (Å²) in [7, 11) is 3.88. The molecule has 0 aliphatic carbocycles. The average Bonchev–Trinajstić information content (AvgIpc) is 2.69. The first-order valence-electron chi connectivity index (χ1n) is 9.39. The van der Waals surface area contributed by atoms with Crippen LogP contribution in [-0.2, 0) is 9.59 Å². The smallest absolute Gasteiger partial charge is 0.265 e. The van der Waals surface area contributed by atoms with Gasteiger partial charge in [0.15, 0.2) is 12.7 Å². The van der Waals surface area contributed by atoms with Crippen molar-refractivity contribution in [2.24, 2.45) is 0 Å². The summed E-state index contributed by atoms with van der Waals surface area (Å²) in [6.45, 7) is 2.84. The second-order valence-corrected chi connectivity index (χ2v) is 7.99. The summed E-state index contributed by atoms with van der Waals surface area (Å²) in [6.07, 6.45) is -0.803. The first-order chi connectivity index (χ1) is 14.2. The molecule has 0 fully saturated rings. The summed E-state index contributed by atoms with van der Waals surface area (Å²) >= 11 is 12.0. The molecule has 1 aliphatic heterocycles. The molecule has 2 aromatic rings. The number of nitrogens with zero attached hydrogens (tertiary/aromatic N) is 2. The first kappa shape index (κ1) is 22.2. The molecule has 1 aliphatic rings. The number of hydrogen-bond donors (Lipinski definition) is 1. The molecule has 2 aromatic carbocycles. The molecule has 1 heterocycles. The fourth-order valence-electron chi connectivity index (χ4n) is 2.88. The van der Waals surface area contributed by atoms with Crippen molar-refractivity contribution in [3.05, 3.63) is 46.4 Å². The van der Waals surface area contributed by atoms with Crippen LogP contribution >= 0.6 is 23.2 Å². The van der Waals surface area contributed by atoms with Crippen molar-refractivity contribution in [1.82, 2.24) is 4.90 Å². The number of benzene rings is 2. The highest BCUT2D eigenvalue weighted by Gasteiger charge is 2.26. The number of ether oxygens (including phenoxy) is 2. The minimum Gasteiger partial charge on any atom is -0.482 e. The maximum absolute atomic E-state index is 12.6. The van der Waals surface area contributed by atoms with Gasteiger partial charge in [-0.25, -0.2) is 0 Å². The van der Waals surface area contributed by atoms with Crippen LogP contribution in [-0.4, -0.2) is 56.6 Å². The lowest BCUT2D eigenvalue weighted by atomic mass is 10.2. The SMILES string of the molecule is CC(Oc1ccc(Cl)cc1Cl)C(=O)Nc1ccc2c(c1)N(CCN(C)C)C(=O)CO2. The molecule has 160 valence electrons. The third-order valence-electron chi connectivity index (χ3n) is 4.51. The van der Waals surface area contributed by atoms with Crippen LogP contribution in [0.5, 0.6) is 11.5 Å². The van der Waals surface area contributed by atoms with E-state index >= 15 is 0 Å². The van der Waals surface area contributed by atoms with Crippen LogP contribution in [0.15, 0.2) is 36.4 Å². The number of carbonyl (C=O) groups excluding carboxylic acids is 2. The molecule has 1 unspecified atom stereocenters. The zero-order valence-corrected chi connectivity index (χ0v) is 18.5. The third-order valence-corrected chi connectivity index (χ3v) is 5.04. The topological polar surface area (TPSA) is 71.1 Å². The quantitative estimate of drug-likeness (QED) is 0.694. The maximum atomic E-state index is 12.6. The summed E-state index contributed by atoms with van der Waals surface area (Å²) in [4.78, 5) is 28.6. The van der Waals surface area contributed by atoms with Crippen LogP contribution in [0.1, 0.15) is 6.92 Å². The average molecular weight is 452 g/mol. The Kier molecular flexibility index (Phi) is 7.07. The van der Waals surface area contributed by atoms with Crippen molar-refractivity contribution in [3.8, 4) is 11.5 Å². The molecule has 7 nitrogen and oxygen atoms in total. The molecule has 0 spiro atoms. The molecule has 2 amide bonds. The van der Waals surface area contributed by atoms with Crippen molar-refractivity contribution >= 4 is 46.4 Å². The molecule has 9 heteroatoms. The lowest BCUT2D eigenvalue weighted by molar-refractivity contribution is -0.122. The van der Waals surface area contributed by atoms with Crippen LogP contribution in [0.3, 0.4) is 0 Å². The zero-order chi connectivity index (χ0) is 21.8. The maximum Gasteiger partial charge on any atom is 0.265 e. The Morgan fingerprint density at radius 2 is 2.03 bits per heavy atom. The van der Waals surface area contributed by atoms with E-state index in [0.29, 0.717) is 46.0 Å². The minimum absolute atomic E-state index is 0.00113. The standard InChI is InChI=1S/C21H23Cl2N3O4/c1-13(30-18-6-4-14(22)10-16(18)23)21(28)24-15-5-7-19-17(11-15)26(9-8-25(2)3)20(27)12-29-19/h4-7,10-11,13H,8-9,12H2,1-3H3,(H,24,28). The normalized spacial score (nSPS) is 14.2. The number of fused-ring (bicyclic) bond motifs is 1. The van der Waals surface area contributed by atoms with E-state index in [-0.39, 0.29) is 18.4 Å². The Bertz CT molecular complexity index is 952. The Morgan fingerprint density at radius 3 is 2.73 bits per heavy atom. The van der Waals surface area contributed by atoms with Gasteiger partial charge in [0.25, 0.3) is 11.8 Å². The number of anilines is 2. The van der Waals surface area contributed by atoms with Gasteiger partial charge >= 0.3 is 0 Å². The molecular weight excluding hydrogens is 429 g/mol. The van der Waals surface area contributed by atoms with Crippen molar-refractivity contribution < 1.29 is 19.1 Å². The van der Waals surface area contributed by atoms with Crippen molar-refractivity contribution in [2.75, 3.05) is 44.0 Å². The second kappa shape index (κ2) is 9.55. The van der Waals surface area contributed by atoms with E-state index in [4.69, 9.17) is 32.7 Å². The van der Waals surface area contributed by atoms with E-state index in [1.54, 1.807) is 48.2 Å². The van der Waals surface area contributed by atoms with E-state index in [9.17, 15) is 9.59 Å². The molecule has 1 atom stereocenters. The van der Waals surface area contributed by atoms with Crippen LogP contribution in [0.25, 0.3) is 0 Å². The molecule has 1 N–H and O–H groups in total. The van der Waals surface area contributed by atoms with Gasteiger partial charge in [-0.15, -0.1) is 0 Å². The first-order valence-corrected chi connectivity index (χ1v) is 10.1.